The molecule has 0 aliphatic carbocycles. The first-order chi connectivity index (χ1) is 18.5. The van der Waals surface area contributed by atoms with Crippen molar-refractivity contribution in [3.8, 4) is 12.3 Å². The molecule has 1 atom stereocenters. The molecule has 0 saturated heterocycles. The molecular formula is C30H25ClN4O3. The molecule has 7 nitrogen and oxygen atoms in total. The SMILES string of the molecule is C#CC[C@@H](CCCCN1C(=O)c2ccccc2C1=O)c1nc2cc(Cl)ccc2c(=O)n1Nc1ccccc1. The van der Waals surface area contributed by atoms with E-state index in [9.17, 15) is 14.4 Å². The standard InChI is InChI=1S/C30H25ClN4O3/c1-2-10-20(11-8-9-18-34-28(36)23-14-6-7-15-24(23)29(34)37)27-32-26-19-21(31)16-17-25(26)30(38)35(27)33-22-12-4-3-5-13-22/h1,3-7,12-17,19-20,33H,8-11,18H2/t20-/m0/s1. The molecule has 0 radical (unpaired) electrons. The number of hydrogen-bond acceptors (Lipinski definition) is 5. The van der Waals surface area contributed by atoms with E-state index in [0.29, 0.717) is 65.1 Å². The first-order valence-electron chi connectivity index (χ1n) is 12.4. The van der Waals surface area contributed by atoms with Gasteiger partial charge in [-0.1, -0.05) is 48.4 Å². The Kier molecular flexibility index (Phi) is 7.25. The molecule has 190 valence electrons. The van der Waals surface area contributed by atoms with Crippen LogP contribution in [0.4, 0.5) is 5.69 Å². The van der Waals surface area contributed by atoms with E-state index in [1.54, 1.807) is 42.5 Å². The van der Waals surface area contributed by atoms with E-state index in [4.69, 9.17) is 23.0 Å². The van der Waals surface area contributed by atoms with Crippen LogP contribution in [0.3, 0.4) is 0 Å². The Labute approximate surface area is 225 Å². The number of rotatable bonds is 9. The third-order valence-electron chi connectivity index (χ3n) is 6.66. The lowest BCUT2D eigenvalue weighted by Crippen LogP contribution is -2.32. The van der Waals surface area contributed by atoms with E-state index >= 15 is 0 Å². The van der Waals surface area contributed by atoms with Crippen molar-refractivity contribution >= 4 is 40.0 Å². The van der Waals surface area contributed by atoms with Crippen molar-refractivity contribution in [3.63, 3.8) is 0 Å². The summed E-state index contributed by atoms with van der Waals surface area (Å²) in [6, 6.07) is 21.2. The van der Waals surface area contributed by atoms with Gasteiger partial charge in [-0.15, -0.1) is 12.3 Å². The van der Waals surface area contributed by atoms with E-state index in [0.717, 1.165) is 5.69 Å². The highest BCUT2D eigenvalue weighted by Gasteiger charge is 2.34. The van der Waals surface area contributed by atoms with Crippen LogP contribution in [0.5, 0.6) is 0 Å². The van der Waals surface area contributed by atoms with Crippen molar-refractivity contribution in [3.05, 3.63) is 105 Å². The Morgan fingerprint density at radius 1 is 0.921 bits per heavy atom. The summed E-state index contributed by atoms with van der Waals surface area (Å²) in [4.78, 5) is 45.0. The largest absolute Gasteiger partial charge is 0.290 e. The Morgan fingerprint density at radius 2 is 1.61 bits per heavy atom. The van der Waals surface area contributed by atoms with Crippen LogP contribution in [0.2, 0.25) is 5.02 Å². The number of halogens is 1. The molecular weight excluding hydrogens is 500 g/mol. The molecule has 0 saturated carbocycles. The highest BCUT2D eigenvalue weighted by atomic mass is 35.5. The Hall–Kier alpha value is -4.41. The molecule has 4 aromatic rings. The minimum atomic E-state index is -0.264. The zero-order chi connectivity index (χ0) is 26.6. The lowest BCUT2D eigenvalue weighted by Gasteiger charge is -2.21. The number of anilines is 1. The van der Waals surface area contributed by atoms with Crippen LogP contribution >= 0.6 is 11.6 Å². The molecule has 0 fully saturated rings. The summed E-state index contributed by atoms with van der Waals surface area (Å²) in [5.41, 5.74) is 5.05. The topological polar surface area (TPSA) is 84.3 Å². The molecule has 3 aromatic carbocycles. The quantitative estimate of drug-likeness (QED) is 0.177. The maximum atomic E-state index is 13.5. The molecule has 2 amide bonds. The van der Waals surface area contributed by atoms with Gasteiger partial charge < -0.3 is 0 Å². The molecule has 38 heavy (non-hydrogen) atoms. The number of amides is 2. The van der Waals surface area contributed by atoms with Crippen molar-refractivity contribution in [1.29, 1.82) is 0 Å². The molecule has 0 unspecified atom stereocenters. The van der Waals surface area contributed by atoms with Crippen molar-refractivity contribution in [2.75, 3.05) is 12.0 Å². The van der Waals surface area contributed by atoms with Gasteiger partial charge in [0.25, 0.3) is 17.4 Å². The van der Waals surface area contributed by atoms with Gasteiger partial charge in [0.05, 0.1) is 27.7 Å². The average Bonchev–Trinajstić information content (AvgIpc) is 3.17. The summed E-state index contributed by atoms with van der Waals surface area (Å²) in [7, 11) is 0. The molecule has 2 heterocycles. The fourth-order valence-electron chi connectivity index (χ4n) is 4.77. The molecule has 1 N–H and O–H groups in total. The van der Waals surface area contributed by atoms with Gasteiger partial charge in [0.15, 0.2) is 0 Å². The van der Waals surface area contributed by atoms with E-state index in [2.05, 4.69) is 11.3 Å². The smallest absolute Gasteiger partial charge is 0.280 e. The summed E-state index contributed by atoms with van der Waals surface area (Å²) in [5, 5.41) is 0.922. The van der Waals surface area contributed by atoms with Crippen LogP contribution in [0.15, 0.2) is 77.6 Å². The highest BCUT2D eigenvalue weighted by molar-refractivity contribution is 6.31. The number of imide groups is 1. The number of carbonyl (C=O) groups is 2. The summed E-state index contributed by atoms with van der Waals surface area (Å²) in [6.07, 6.45) is 7.98. The number of unbranched alkanes of at least 4 members (excludes halogenated alkanes) is 1. The predicted molar refractivity (Wildman–Crippen MR) is 148 cm³/mol. The first kappa shape index (κ1) is 25.2. The molecule has 8 heteroatoms. The van der Waals surface area contributed by atoms with Crippen molar-refractivity contribution < 1.29 is 9.59 Å². The molecule has 5 rings (SSSR count). The number of terminal acetylenes is 1. The molecule has 1 aromatic heterocycles. The predicted octanol–water partition coefficient (Wildman–Crippen LogP) is 5.50. The highest BCUT2D eigenvalue weighted by Crippen LogP contribution is 2.27. The van der Waals surface area contributed by atoms with Crippen molar-refractivity contribution in [2.45, 2.75) is 31.6 Å². The van der Waals surface area contributed by atoms with Gasteiger partial charge in [-0.05, 0) is 55.3 Å². The Morgan fingerprint density at radius 3 is 2.29 bits per heavy atom. The van der Waals surface area contributed by atoms with Crippen LogP contribution < -0.4 is 11.0 Å². The minimum absolute atomic E-state index is 0.241. The van der Waals surface area contributed by atoms with E-state index in [1.165, 1.54) is 9.58 Å². The second-order valence-electron chi connectivity index (χ2n) is 9.16. The molecule has 1 aliphatic rings. The normalized spacial score (nSPS) is 13.4. The summed E-state index contributed by atoms with van der Waals surface area (Å²) < 4.78 is 1.46. The molecule has 0 spiro atoms. The van der Waals surface area contributed by atoms with Gasteiger partial charge in [0.2, 0.25) is 0 Å². The number of fused-ring (bicyclic) bond motifs is 2. The lowest BCUT2D eigenvalue weighted by atomic mass is 9.97. The van der Waals surface area contributed by atoms with Crippen LogP contribution in [0, 0.1) is 12.3 Å². The van der Waals surface area contributed by atoms with Gasteiger partial charge >= 0.3 is 0 Å². The zero-order valence-electron chi connectivity index (χ0n) is 20.6. The summed E-state index contributed by atoms with van der Waals surface area (Å²) in [5.74, 6) is 2.45. The van der Waals surface area contributed by atoms with Crippen LogP contribution in [0.1, 0.15) is 58.1 Å². The number of nitrogens with zero attached hydrogens (tertiary/aromatic N) is 3. The van der Waals surface area contributed by atoms with E-state index < -0.39 is 0 Å². The number of aromatic nitrogens is 2. The van der Waals surface area contributed by atoms with Crippen molar-refractivity contribution in [2.24, 2.45) is 0 Å². The molecule has 1 aliphatic heterocycles. The van der Waals surface area contributed by atoms with Gasteiger partial charge in [-0.2, -0.15) is 0 Å². The third kappa shape index (κ3) is 4.91. The lowest BCUT2D eigenvalue weighted by molar-refractivity contribution is 0.0651. The van der Waals surface area contributed by atoms with Crippen molar-refractivity contribution in [1.82, 2.24) is 14.6 Å². The maximum Gasteiger partial charge on any atom is 0.280 e. The second kappa shape index (κ2) is 10.9. The van der Waals surface area contributed by atoms with Crippen LogP contribution in [-0.4, -0.2) is 32.9 Å². The summed E-state index contributed by atoms with van der Waals surface area (Å²) in [6.45, 7) is 0.310. The van der Waals surface area contributed by atoms with Crippen LogP contribution in [-0.2, 0) is 0 Å². The van der Waals surface area contributed by atoms with Gasteiger partial charge in [-0.25, -0.2) is 9.66 Å². The second-order valence-corrected chi connectivity index (χ2v) is 9.59. The number of nitrogens with one attached hydrogen (secondary N) is 1. The summed E-state index contributed by atoms with van der Waals surface area (Å²) >= 11 is 6.20. The Balaban J connectivity index is 1.39. The molecule has 0 bridgehead atoms. The first-order valence-corrected chi connectivity index (χ1v) is 12.8. The number of benzene rings is 3. The zero-order valence-corrected chi connectivity index (χ0v) is 21.3. The van der Waals surface area contributed by atoms with Gasteiger partial charge in [-0.3, -0.25) is 24.7 Å². The third-order valence-corrected chi connectivity index (χ3v) is 6.90. The van der Waals surface area contributed by atoms with Crippen LogP contribution in [0.25, 0.3) is 10.9 Å². The number of hydrogen-bond donors (Lipinski definition) is 1. The van der Waals surface area contributed by atoms with E-state index in [1.807, 2.05) is 30.3 Å². The van der Waals surface area contributed by atoms with Gasteiger partial charge in [0.1, 0.15) is 5.82 Å². The monoisotopic (exact) mass is 524 g/mol. The number of para-hydroxylation sites is 1. The average molecular weight is 525 g/mol. The van der Waals surface area contributed by atoms with Gasteiger partial charge in [0, 0.05) is 23.9 Å². The fourth-order valence-corrected chi connectivity index (χ4v) is 4.93. The van der Waals surface area contributed by atoms with E-state index in [-0.39, 0.29) is 23.3 Å². The maximum absolute atomic E-state index is 13.5. The fraction of sp³-hybridized carbons (Fsp3) is 0.200. The Bertz CT molecular complexity index is 1590. The number of carbonyl (C=O) groups excluding carboxylic acids is 2. The minimum Gasteiger partial charge on any atom is -0.290 e.